The summed E-state index contributed by atoms with van der Waals surface area (Å²) in [6.07, 6.45) is 1.59. The summed E-state index contributed by atoms with van der Waals surface area (Å²) >= 11 is 1.38. The fourth-order valence-electron chi connectivity index (χ4n) is 3.01. The van der Waals surface area contributed by atoms with Crippen molar-refractivity contribution in [2.75, 3.05) is 12.9 Å². The largest absolute Gasteiger partial charge is 0.466 e. The predicted molar refractivity (Wildman–Crippen MR) is 101 cm³/mol. The van der Waals surface area contributed by atoms with Gasteiger partial charge in [-0.1, -0.05) is 35.5 Å². The number of rotatable bonds is 5. The highest BCUT2D eigenvalue weighted by Crippen LogP contribution is 2.32. The maximum absolute atomic E-state index is 12.6. The van der Waals surface area contributed by atoms with Crippen LogP contribution in [0.4, 0.5) is 4.79 Å². The molecule has 27 heavy (non-hydrogen) atoms. The molecule has 0 spiro atoms. The summed E-state index contributed by atoms with van der Waals surface area (Å²) < 4.78 is 6.77. The van der Waals surface area contributed by atoms with E-state index in [0.717, 1.165) is 16.7 Å². The Balaban J connectivity index is 2.01. The van der Waals surface area contributed by atoms with Crippen LogP contribution in [0.25, 0.3) is 0 Å². The van der Waals surface area contributed by atoms with Gasteiger partial charge < -0.3 is 19.9 Å². The molecule has 0 aliphatic carbocycles. The second-order valence-corrected chi connectivity index (χ2v) is 7.23. The molecule has 0 bridgehead atoms. The Morgan fingerprint density at radius 1 is 1.37 bits per heavy atom. The topological polar surface area (TPSA) is 98.1 Å². The van der Waals surface area contributed by atoms with Crippen LogP contribution in [0.3, 0.4) is 0 Å². The number of ether oxygens (including phenoxy) is 1. The van der Waals surface area contributed by atoms with Crippen molar-refractivity contribution in [1.29, 1.82) is 0 Å². The molecule has 1 aliphatic heterocycles. The van der Waals surface area contributed by atoms with Gasteiger partial charge in [-0.3, -0.25) is 0 Å². The number of aryl methyl sites for hydroxylation is 3. The summed E-state index contributed by atoms with van der Waals surface area (Å²) in [4.78, 5) is 24.8. The van der Waals surface area contributed by atoms with Gasteiger partial charge in [0, 0.05) is 18.5 Å². The van der Waals surface area contributed by atoms with Gasteiger partial charge in [0.25, 0.3) is 0 Å². The van der Waals surface area contributed by atoms with Crippen molar-refractivity contribution in [1.82, 2.24) is 25.4 Å². The normalized spacial score (nSPS) is 16.7. The molecule has 1 aromatic heterocycles. The number of esters is 1. The molecule has 8 nitrogen and oxygen atoms in total. The Kier molecular flexibility index (Phi) is 5.50. The molecule has 2 heterocycles. The van der Waals surface area contributed by atoms with E-state index < -0.39 is 12.0 Å². The number of nitrogens with one attached hydrogen (secondary N) is 2. The second kappa shape index (κ2) is 7.83. The van der Waals surface area contributed by atoms with E-state index in [1.54, 1.807) is 10.9 Å². The number of hydrogen-bond donors (Lipinski definition) is 2. The average Bonchev–Trinajstić information content (AvgIpc) is 3.03. The third kappa shape index (κ3) is 3.97. The molecule has 1 aliphatic rings. The van der Waals surface area contributed by atoms with Gasteiger partial charge in [-0.05, 0) is 25.0 Å². The first-order chi connectivity index (χ1) is 12.9. The first-order valence-corrected chi connectivity index (χ1v) is 9.32. The number of carbonyl (C=O) groups excluding carboxylic acids is 2. The smallest absolute Gasteiger partial charge is 0.338 e. The van der Waals surface area contributed by atoms with E-state index in [-0.39, 0.29) is 6.03 Å². The van der Waals surface area contributed by atoms with Crippen LogP contribution in [0.1, 0.15) is 22.7 Å². The lowest BCUT2D eigenvalue weighted by Gasteiger charge is -2.30. The number of urea groups is 1. The van der Waals surface area contributed by atoms with Crippen molar-refractivity contribution in [2.24, 2.45) is 7.05 Å². The summed E-state index contributed by atoms with van der Waals surface area (Å²) in [5.41, 5.74) is 3.85. The molecule has 9 heteroatoms. The van der Waals surface area contributed by atoms with Gasteiger partial charge in [0.15, 0.2) is 5.16 Å². The van der Waals surface area contributed by atoms with Crippen LogP contribution < -0.4 is 10.6 Å². The Bertz CT molecular complexity index is 921. The summed E-state index contributed by atoms with van der Waals surface area (Å²) in [5.74, 6) is -0.132. The Hall–Kier alpha value is -2.81. The minimum Gasteiger partial charge on any atom is -0.466 e. The van der Waals surface area contributed by atoms with Crippen LogP contribution in [0.2, 0.25) is 0 Å². The van der Waals surface area contributed by atoms with E-state index in [1.807, 2.05) is 39.1 Å². The first kappa shape index (κ1) is 19.0. The van der Waals surface area contributed by atoms with Crippen LogP contribution >= 0.6 is 11.8 Å². The maximum Gasteiger partial charge on any atom is 0.338 e. The zero-order valence-electron chi connectivity index (χ0n) is 15.6. The lowest BCUT2D eigenvalue weighted by molar-refractivity contribution is -0.136. The number of aromatic nitrogens is 3. The third-order valence-corrected chi connectivity index (χ3v) is 5.37. The van der Waals surface area contributed by atoms with Crippen LogP contribution in [0.15, 0.2) is 41.0 Å². The highest BCUT2D eigenvalue weighted by atomic mass is 32.2. The molecule has 2 N–H and O–H groups in total. The number of hydrogen-bond acceptors (Lipinski definition) is 6. The molecule has 3 rings (SSSR count). The molecule has 0 saturated heterocycles. The number of carbonyl (C=O) groups is 2. The zero-order chi connectivity index (χ0) is 19.6. The SMILES string of the molecule is COC(=O)C1=C(CSc2nncn2C)NC(=O)N[C@@H]1c1ccc(C)cc1C. The highest BCUT2D eigenvalue weighted by molar-refractivity contribution is 7.99. The number of methoxy groups -OCH3 is 1. The molecule has 0 radical (unpaired) electrons. The molecule has 2 aromatic rings. The van der Waals surface area contributed by atoms with Crippen molar-refractivity contribution in [2.45, 2.75) is 25.0 Å². The maximum atomic E-state index is 12.6. The van der Waals surface area contributed by atoms with E-state index in [0.29, 0.717) is 22.2 Å². The van der Waals surface area contributed by atoms with Crippen molar-refractivity contribution >= 4 is 23.8 Å². The number of thioether (sulfide) groups is 1. The second-order valence-electron chi connectivity index (χ2n) is 6.29. The summed E-state index contributed by atoms with van der Waals surface area (Å²) in [7, 11) is 3.16. The van der Waals surface area contributed by atoms with E-state index in [9.17, 15) is 9.59 Å². The van der Waals surface area contributed by atoms with Crippen molar-refractivity contribution in [3.8, 4) is 0 Å². The lowest BCUT2D eigenvalue weighted by Crippen LogP contribution is -2.46. The lowest BCUT2D eigenvalue weighted by atomic mass is 9.91. The monoisotopic (exact) mass is 387 g/mol. The summed E-state index contributed by atoms with van der Waals surface area (Å²) in [5, 5.41) is 14.1. The molecular formula is C18H21N5O3S. The van der Waals surface area contributed by atoms with Gasteiger partial charge in [0.05, 0.1) is 18.7 Å². The summed E-state index contributed by atoms with van der Waals surface area (Å²) in [6, 6.07) is 4.96. The van der Waals surface area contributed by atoms with Crippen molar-refractivity contribution in [3.05, 3.63) is 52.5 Å². The number of benzene rings is 1. The quantitative estimate of drug-likeness (QED) is 0.602. The molecule has 142 valence electrons. The molecule has 0 saturated carbocycles. The van der Waals surface area contributed by atoms with Gasteiger partial charge >= 0.3 is 12.0 Å². The zero-order valence-corrected chi connectivity index (χ0v) is 16.4. The minimum atomic E-state index is -0.582. The predicted octanol–water partition coefficient (Wildman–Crippen LogP) is 2.01. The van der Waals surface area contributed by atoms with E-state index in [4.69, 9.17) is 4.74 Å². The Labute approximate surface area is 161 Å². The van der Waals surface area contributed by atoms with E-state index in [1.165, 1.54) is 18.9 Å². The Morgan fingerprint density at radius 2 is 2.15 bits per heavy atom. The first-order valence-electron chi connectivity index (χ1n) is 8.33. The van der Waals surface area contributed by atoms with Crippen LogP contribution in [-0.4, -0.2) is 39.6 Å². The fraction of sp³-hybridized carbons (Fsp3) is 0.333. The van der Waals surface area contributed by atoms with Crippen molar-refractivity contribution < 1.29 is 14.3 Å². The standard InChI is InChI=1S/C18H21N5O3S/c1-10-5-6-12(11(2)7-10)15-14(16(24)26-4)13(20-17(25)21-15)8-27-18-22-19-9-23(18)3/h5-7,9,15H,8H2,1-4H3,(H2,20,21,25)/t15-/m1/s1. The fourth-order valence-corrected chi connectivity index (χ4v) is 3.86. The molecular weight excluding hydrogens is 366 g/mol. The van der Waals surface area contributed by atoms with E-state index >= 15 is 0 Å². The average molecular weight is 387 g/mol. The van der Waals surface area contributed by atoms with Gasteiger partial charge in [-0.25, -0.2) is 9.59 Å². The van der Waals surface area contributed by atoms with Gasteiger partial charge in [0.2, 0.25) is 0 Å². The van der Waals surface area contributed by atoms with Crippen molar-refractivity contribution in [3.63, 3.8) is 0 Å². The van der Waals surface area contributed by atoms with Crippen LogP contribution in [-0.2, 0) is 16.6 Å². The summed E-state index contributed by atoms with van der Waals surface area (Å²) in [6.45, 7) is 3.96. The van der Waals surface area contributed by atoms with Gasteiger partial charge in [-0.2, -0.15) is 0 Å². The molecule has 2 amide bonds. The number of nitrogens with zero attached hydrogens (tertiary/aromatic N) is 3. The molecule has 1 aromatic carbocycles. The third-order valence-electron chi connectivity index (χ3n) is 4.31. The molecule has 0 fully saturated rings. The van der Waals surface area contributed by atoms with Gasteiger partial charge in [0.1, 0.15) is 6.33 Å². The van der Waals surface area contributed by atoms with Gasteiger partial charge in [-0.15, -0.1) is 10.2 Å². The van der Waals surface area contributed by atoms with Crippen LogP contribution in [0, 0.1) is 13.8 Å². The van der Waals surface area contributed by atoms with Crippen LogP contribution in [0.5, 0.6) is 0 Å². The van der Waals surface area contributed by atoms with E-state index in [2.05, 4.69) is 20.8 Å². The molecule has 0 unspecified atom stereocenters. The minimum absolute atomic E-state index is 0.353. The highest BCUT2D eigenvalue weighted by Gasteiger charge is 2.34. The molecule has 1 atom stereocenters. The number of amides is 2. The Morgan fingerprint density at radius 3 is 2.78 bits per heavy atom.